The summed E-state index contributed by atoms with van der Waals surface area (Å²) in [6.45, 7) is 6.19. The third-order valence-electron chi connectivity index (χ3n) is 6.66. The van der Waals surface area contributed by atoms with Gasteiger partial charge >= 0.3 is 5.69 Å². The number of imidazole rings is 1. The van der Waals surface area contributed by atoms with Gasteiger partial charge in [-0.05, 0) is 30.5 Å². The summed E-state index contributed by atoms with van der Waals surface area (Å²) in [6.07, 6.45) is 5.28. The summed E-state index contributed by atoms with van der Waals surface area (Å²) in [5.74, 6) is 0.259. The summed E-state index contributed by atoms with van der Waals surface area (Å²) in [5.41, 5.74) is 1.39. The SMILES string of the molecule is CCCn1c(=O)c2[nH]c(-c3cnn(CC4CC(=O)N(Cc5cccc(F)c5)C4)c3)nc2n(CCC)c1=O. The van der Waals surface area contributed by atoms with Crippen molar-refractivity contribution < 1.29 is 9.18 Å². The summed E-state index contributed by atoms with van der Waals surface area (Å²) in [6, 6.07) is 6.30. The van der Waals surface area contributed by atoms with Gasteiger partial charge in [0.25, 0.3) is 5.56 Å². The van der Waals surface area contributed by atoms with E-state index in [1.807, 2.05) is 26.1 Å². The van der Waals surface area contributed by atoms with Crippen molar-refractivity contribution in [2.45, 2.75) is 59.3 Å². The molecule has 0 aliphatic carbocycles. The molecule has 4 aromatic rings. The van der Waals surface area contributed by atoms with Gasteiger partial charge in [-0.25, -0.2) is 14.2 Å². The topological polar surface area (TPSA) is 111 Å². The fraction of sp³-hybridized carbons (Fsp3) is 0.423. The highest BCUT2D eigenvalue weighted by Gasteiger charge is 2.30. The molecule has 0 radical (unpaired) electrons. The Labute approximate surface area is 212 Å². The predicted molar refractivity (Wildman–Crippen MR) is 136 cm³/mol. The normalized spacial score (nSPS) is 15.8. The number of halogens is 1. The maximum Gasteiger partial charge on any atom is 0.332 e. The standard InChI is InChI=1S/C26H30FN7O3/c1-3-8-33-24-22(25(36)34(9-4-2)26(33)37)29-23(30-24)19-12-28-32(16-19)15-18-11-21(35)31(14-18)13-17-6-5-7-20(27)10-17/h5-7,10,12,16,18H,3-4,8-9,11,13-15H2,1-2H3,(H,29,30). The molecule has 37 heavy (non-hydrogen) atoms. The lowest BCUT2D eigenvalue weighted by atomic mass is 10.1. The van der Waals surface area contributed by atoms with E-state index in [1.54, 1.807) is 26.4 Å². The van der Waals surface area contributed by atoms with Crippen molar-refractivity contribution in [3.05, 3.63) is 68.9 Å². The number of aryl methyl sites for hydroxylation is 1. The molecule has 11 heteroatoms. The molecule has 10 nitrogen and oxygen atoms in total. The first kappa shape index (κ1) is 24.7. The van der Waals surface area contributed by atoms with Crippen molar-refractivity contribution in [2.24, 2.45) is 5.92 Å². The largest absolute Gasteiger partial charge is 0.338 e. The van der Waals surface area contributed by atoms with Crippen LogP contribution in [0, 0.1) is 11.7 Å². The van der Waals surface area contributed by atoms with Crippen LogP contribution >= 0.6 is 0 Å². The fourth-order valence-electron chi connectivity index (χ4n) is 4.98. The molecule has 1 amide bonds. The highest BCUT2D eigenvalue weighted by atomic mass is 19.1. The number of rotatable bonds is 9. The number of carbonyl (C=O) groups excluding carboxylic acids is 1. The van der Waals surface area contributed by atoms with Crippen molar-refractivity contribution in [1.29, 1.82) is 0 Å². The van der Waals surface area contributed by atoms with Crippen LogP contribution in [0.25, 0.3) is 22.6 Å². The predicted octanol–water partition coefficient (Wildman–Crippen LogP) is 2.76. The highest BCUT2D eigenvalue weighted by Crippen LogP contribution is 2.23. The van der Waals surface area contributed by atoms with Crippen LogP contribution in [-0.4, -0.2) is 46.2 Å². The van der Waals surface area contributed by atoms with Crippen LogP contribution in [0.2, 0.25) is 0 Å². The van der Waals surface area contributed by atoms with Crippen LogP contribution in [0.1, 0.15) is 38.7 Å². The van der Waals surface area contributed by atoms with Gasteiger partial charge in [0.1, 0.15) is 17.2 Å². The molecule has 1 aliphatic rings. The molecular formula is C26H30FN7O3. The molecule has 0 saturated carbocycles. The zero-order valence-electron chi connectivity index (χ0n) is 21.0. The van der Waals surface area contributed by atoms with Crippen molar-refractivity contribution >= 4 is 17.1 Å². The van der Waals surface area contributed by atoms with E-state index >= 15 is 0 Å². The second kappa shape index (κ2) is 10.2. The molecule has 1 aromatic carbocycles. The number of nitrogens with one attached hydrogen (secondary N) is 1. The van der Waals surface area contributed by atoms with Crippen LogP contribution in [-0.2, 0) is 31.0 Å². The number of amides is 1. The van der Waals surface area contributed by atoms with Crippen LogP contribution in [0.4, 0.5) is 4.39 Å². The zero-order valence-corrected chi connectivity index (χ0v) is 21.0. The lowest BCUT2D eigenvalue weighted by Crippen LogP contribution is -2.40. The number of fused-ring (bicyclic) bond motifs is 1. The summed E-state index contributed by atoms with van der Waals surface area (Å²) in [7, 11) is 0. The third-order valence-corrected chi connectivity index (χ3v) is 6.66. The summed E-state index contributed by atoms with van der Waals surface area (Å²) >= 11 is 0. The average molecular weight is 508 g/mol. The number of hydrogen-bond donors (Lipinski definition) is 1. The van der Waals surface area contributed by atoms with Gasteiger partial charge in [-0.1, -0.05) is 26.0 Å². The summed E-state index contributed by atoms with van der Waals surface area (Å²) < 4.78 is 18.1. The van der Waals surface area contributed by atoms with E-state index < -0.39 is 0 Å². The molecule has 3 aromatic heterocycles. The van der Waals surface area contributed by atoms with E-state index in [0.717, 1.165) is 12.0 Å². The molecule has 4 heterocycles. The van der Waals surface area contributed by atoms with Crippen LogP contribution < -0.4 is 11.2 Å². The fourth-order valence-corrected chi connectivity index (χ4v) is 4.98. The van der Waals surface area contributed by atoms with Crippen LogP contribution in [0.15, 0.2) is 46.2 Å². The van der Waals surface area contributed by atoms with Crippen molar-refractivity contribution in [3.63, 3.8) is 0 Å². The third kappa shape index (κ3) is 4.85. The molecule has 1 unspecified atom stereocenters. The number of H-pyrrole nitrogens is 1. The van der Waals surface area contributed by atoms with Gasteiger partial charge in [-0.3, -0.25) is 23.4 Å². The van der Waals surface area contributed by atoms with Crippen LogP contribution in [0.3, 0.4) is 0 Å². The zero-order chi connectivity index (χ0) is 26.1. The monoisotopic (exact) mass is 507 g/mol. The highest BCUT2D eigenvalue weighted by molar-refractivity contribution is 5.78. The lowest BCUT2D eigenvalue weighted by Gasteiger charge is -2.17. The number of likely N-dealkylation sites (tertiary alicyclic amines) is 1. The lowest BCUT2D eigenvalue weighted by molar-refractivity contribution is -0.128. The molecule has 1 saturated heterocycles. The number of aromatic amines is 1. The quantitative estimate of drug-likeness (QED) is 0.375. The Morgan fingerprint density at radius 3 is 2.65 bits per heavy atom. The van der Waals surface area contributed by atoms with Gasteiger partial charge < -0.3 is 9.88 Å². The van der Waals surface area contributed by atoms with E-state index in [2.05, 4.69) is 15.1 Å². The summed E-state index contributed by atoms with van der Waals surface area (Å²) in [5, 5.41) is 4.44. The first-order valence-electron chi connectivity index (χ1n) is 12.7. The van der Waals surface area contributed by atoms with Gasteiger partial charge in [-0.15, -0.1) is 0 Å². The molecule has 5 rings (SSSR count). The molecule has 0 bridgehead atoms. The summed E-state index contributed by atoms with van der Waals surface area (Å²) in [4.78, 5) is 47.9. The number of hydrogen-bond acceptors (Lipinski definition) is 5. The Hall–Kier alpha value is -4.02. The molecular weight excluding hydrogens is 477 g/mol. The molecule has 1 atom stereocenters. The Morgan fingerprint density at radius 1 is 1.11 bits per heavy atom. The van der Waals surface area contributed by atoms with Gasteiger partial charge in [0.2, 0.25) is 5.91 Å². The average Bonchev–Trinajstić information content (AvgIpc) is 3.59. The van der Waals surface area contributed by atoms with E-state index in [-0.39, 0.29) is 28.9 Å². The van der Waals surface area contributed by atoms with Gasteiger partial charge in [0.05, 0.1) is 11.8 Å². The Bertz CT molecular complexity index is 1560. The molecule has 1 N–H and O–H groups in total. The minimum Gasteiger partial charge on any atom is -0.338 e. The Kier molecular flexibility index (Phi) is 6.77. The first-order chi connectivity index (χ1) is 17.9. The van der Waals surface area contributed by atoms with Gasteiger partial charge in [0, 0.05) is 51.3 Å². The van der Waals surface area contributed by atoms with E-state index in [1.165, 1.54) is 16.7 Å². The van der Waals surface area contributed by atoms with Crippen molar-refractivity contribution in [3.8, 4) is 11.4 Å². The second-order valence-corrected chi connectivity index (χ2v) is 9.60. The maximum absolute atomic E-state index is 13.5. The number of benzene rings is 1. The van der Waals surface area contributed by atoms with E-state index in [4.69, 9.17) is 0 Å². The maximum atomic E-state index is 13.5. The van der Waals surface area contributed by atoms with E-state index in [0.29, 0.717) is 68.1 Å². The first-order valence-corrected chi connectivity index (χ1v) is 12.7. The van der Waals surface area contributed by atoms with Crippen molar-refractivity contribution in [1.82, 2.24) is 33.8 Å². The van der Waals surface area contributed by atoms with E-state index in [9.17, 15) is 18.8 Å². The van der Waals surface area contributed by atoms with Crippen LogP contribution in [0.5, 0.6) is 0 Å². The number of aromatic nitrogens is 6. The Balaban J connectivity index is 1.35. The van der Waals surface area contributed by atoms with Crippen molar-refractivity contribution in [2.75, 3.05) is 6.54 Å². The van der Waals surface area contributed by atoms with Gasteiger partial charge in [0.15, 0.2) is 5.65 Å². The molecule has 0 spiro atoms. The number of carbonyl (C=O) groups is 1. The Morgan fingerprint density at radius 2 is 1.89 bits per heavy atom. The second-order valence-electron chi connectivity index (χ2n) is 9.60. The number of nitrogens with zero attached hydrogens (tertiary/aromatic N) is 6. The molecule has 1 aliphatic heterocycles. The molecule has 1 fully saturated rings. The minimum atomic E-state index is -0.372. The minimum absolute atomic E-state index is 0.0381. The smallest absolute Gasteiger partial charge is 0.332 e. The molecule has 194 valence electrons. The van der Waals surface area contributed by atoms with Gasteiger partial charge in [-0.2, -0.15) is 5.10 Å².